The Balaban J connectivity index is 2.56. The number of carbonyl (C=O) groups excluding carboxylic acids is 2. The van der Waals surface area contributed by atoms with Crippen molar-refractivity contribution in [1.82, 2.24) is 5.48 Å². The van der Waals surface area contributed by atoms with Crippen molar-refractivity contribution in [2.45, 2.75) is 32.5 Å². The molecule has 0 aliphatic heterocycles. The molecule has 1 amide bonds. The van der Waals surface area contributed by atoms with Gasteiger partial charge in [-0.1, -0.05) is 24.3 Å². The van der Waals surface area contributed by atoms with Gasteiger partial charge in [-0.05, 0) is 18.4 Å². The van der Waals surface area contributed by atoms with Gasteiger partial charge in [-0.15, -0.1) is 0 Å². The SMILES string of the molecule is CC(=O)ONC(=O)CCC(Cc1ccc(C(O)O)cc1)C(=O)O. The van der Waals surface area contributed by atoms with E-state index >= 15 is 0 Å². The van der Waals surface area contributed by atoms with Crippen molar-refractivity contribution < 1.29 is 34.5 Å². The molecular formula is C15H19NO7. The number of hydroxylamine groups is 1. The average molecular weight is 325 g/mol. The number of carboxylic acid groups (broad SMARTS) is 1. The quantitative estimate of drug-likeness (QED) is 0.418. The molecule has 0 bridgehead atoms. The van der Waals surface area contributed by atoms with Crippen LogP contribution in [0, 0.1) is 5.92 Å². The summed E-state index contributed by atoms with van der Waals surface area (Å²) in [6.07, 6.45) is -1.41. The topological polar surface area (TPSA) is 133 Å². The number of aliphatic carboxylic acids is 1. The molecule has 8 heteroatoms. The molecule has 1 aromatic carbocycles. The van der Waals surface area contributed by atoms with Gasteiger partial charge in [0.1, 0.15) is 0 Å². The van der Waals surface area contributed by atoms with E-state index in [0.717, 1.165) is 6.92 Å². The highest BCUT2D eigenvalue weighted by atomic mass is 16.7. The van der Waals surface area contributed by atoms with Gasteiger partial charge in [0.15, 0.2) is 6.29 Å². The van der Waals surface area contributed by atoms with E-state index in [4.69, 9.17) is 10.2 Å². The van der Waals surface area contributed by atoms with Gasteiger partial charge in [-0.25, -0.2) is 0 Å². The molecule has 1 atom stereocenters. The predicted octanol–water partition coefficient (Wildman–Crippen LogP) is 0.288. The fraction of sp³-hybridized carbons (Fsp3) is 0.400. The summed E-state index contributed by atoms with van der Waals surface area (Å²) in [5.41, 5.74) is 2.93. The van der Waals surface area contributed by atoms with Crippen molar-refractivity contribution in [3.63, 3.8) is 0 Å². The number of nitrogens with one attached hydrogen (secondary N) is 1. The Morgan fingerprint density at radius 3 is 2.26 bits per heavy atom. The van der Waals surface area contributed by atoms with E-state index in [1.807, 2.05) is 5.48 Å². The van der Waals surface area contributed by atoms with Crippen LogP contribution in [0.25, 0.3) is 0 Å². The highest BCUT2D eigenvalue weighted by Gasteiger charge is 2.20. The molecule has 0 saturated heterocycles. The minimum Gasteiger partial charge on any atom is -0.481 e. The Labute approximate surface area is 132 Å². The van der Waals surface area contributed by atoms with Gasteiger partial charge in [0.25, 0.3) is 5.91 Å². The van der Waals surface area contributed by atoms with Crippen molar-refractivity contribution in [1.29, 1.82) is 0 Å². The second-order valence-electron chi connectivity index (χ2n) is 5.01. The lowest BCUT2D eigenvalue weighted by Gasteiger charge is -2.13. The summed E-state index contributed by atoms with van der Waals surface area (Å²) >= 11 is 0. The molecule has 0 heterocycles. The van der Waals surface area contributed by atoms with E-state index in [0.29, 0.717) is 11.1 Å². The molecule has 0 aromatic heterocycles. The number of carbonyl (C=O) groups is 3. The highest BCUT2D eigenvalue weighted by Crippen LogP contribution is 2.17. The van der Waals surface area contributed by atoms with Crippen LogP contribution in [0.5, 0.6) is 0 Å². The molecule has 0 spiro atoms. The predicted molar refractivity (Wildman–Crippen MR) is 77.6 cm³/mol. The summed E-state index contributed by atoms with van der Waals surface area (Å²) in [5, 5.41) is 27.2. The summed E-state index contributed by atoms with van der Waals surface area (Å²) < 4.78 is 0. The van der Waals surface area contributed by atoms with Crippen molar-refractivity contribution in [3.05, 3.63) is 35.4 Å². The minimum absolute atomic E-state index is 0.0762. The lowest BCUT2D eigenvalue weighted by molar-refractivity contribution is -0.156. The van der Waals surface area contributed by atoms with Crippen LogP contribution in [0.1, 0.15) is 37.2 Å². The fourth-order valence-electron chi connectivity index (χ4n) is 1.91. The number of hydrogen-bond acceptors (Lipinski definition) is 6. The van der Waals surface area contributed by atoms with Gasteiger partial charge in [-0.2, -0.15) is 5.48 Å². The Kier molecular flexibility index (Phi) is 7.17. The lowest BCUT2D eigenvalue weighted by atomic mass is 9.94. The third kappa shape index (κ3) is 6.90. The molecule has 0 fully saturated rings. The third-order valence-corrected chi connectivity index (χ3v) is 3.14. The molecule has 0 aliphatic carbocycles. The first kappa shape index (κ1) is 18.6. The highest BCUT2D eigenvalue weighted by molar-refractivity contribution is 5.78. The van der Waals surface area contributed by atoms with Gasteiger partial charge in [0, 0.05) is 18.9 Å². The van der Waals surface area contributed by atoms with Crippen LogP contribution in [0.2, 0.25) is 0 Å². The van der Waals surface area contributed by atoms with Crippen LogP contribution in [-0.2, 0) is 25.6 Å². The van der Waals surface area contributed by atoms with Crippen molar-refractivity contribution in [2.24, 2.45) is 5.92 Å². The summed E-state index contributed by atoms with van der Waals surface area (Å²) in [6.45, 7) is 1.13. The first-order valence-corrected chi connectivity index (χ1v) is 6.93. The number of rotatable bonds is 7. The Morgan fingerprint density at radius 2 is 1.78 bits per heavy atom. The minimum atomic E-state index is -1.58. The van der Waals surface area contributed by atoms with Crippen LogP contribution < -0.4 is 5.48 Å². The van der Waals surface area contributed by atoms with E-state index in [9.17, 15) is 19.5 Å². The molecule has 1 unspecified atom stereocenters. The fourth-order valence-corrected chi connectivity index (χ4v) is 1.91. The van der Waals surface area contributed by atoms with Gasteiger partial charge in [0.2, 0.25) is 0 Å². The van der Waals surface area contributed by atoms with E-state index < -0.39 is 30.1 Å². The number of benzene rings is 1. The number of aliphatic hydroxyl groups excluding tert-OH is 1. The molecule has 4 N–H and O–H groups in total. The van der Waals surface area contributed by atoms with Gasteiger partial charge < -0.3 is 20.2 Å². The van der Waals surface area contributed by atoms with Crippen LogP contribution in [0.15, 0.2) is 24.3 Å². The first-order valence-electron chi connectivity index (χ1n) is 6.93. The van der Waals surface area contributed by atoms with Crippen molar-refractivity contribution >= 4 is 17.8 Å². The summed E-state index contributed by atoms with van der Waals surface area (Å²) in [5.74, 6) is -3.08. The smallest absolute Gasteiger partial charge is 0.329 e. The van der Waals surface area contributed by atoms with Crippen LogP contribution in [-0.4, -0.2) is 33.2 Å². The largest absolute Gasteiger partial charge is 0.481 e. The molecule has 8 nitrogen and oxygen atoms in total. The molecule has 1 aromatic rings. The Morgan fingerprint density at radius 1 is 1.17 bits per heavy atom. The standard InChI is InChI=1S/C15H19NO7/c1-9(17)23-16-13(18)7-6-12(15(21)22)8-10-2-4-11(5-3-10)14(19)20/h2-5,12,14,19-20H,6-8H2,1H3,(H,16,18)(H,21,22). The Hall–Kier alpha value is -2.45. The van der Waals surface area contributed by atoms with E-state index in [1.165, 1.54) is 12.1 Å². The van der Waals surface area contributed by atoms with E-state index in [1.54, 1.807) is 12.1 Å². The molecule has 1 rings (SSSR count). The monoisotopic (exact) mass is 325 g/mol. The molecular weight excluding hydrogens is 306 g/mol. The maximum Gasteiger partial charge on any atom is 0.329 e. The third-order valence-electron chi connectivity index (χ3n) is 3.14. The number of amides is 1. The van der Waals surface area contributed by atoms with Gasteiger partial charge in [0.05, 0.1) is 5.92 Å². The summed E-state index contributed by atoms with van der Waals surface area (Å²) in [4.78, 5) is 37.5. The molecule has 23 heavy (non-hydrogen) atoms. The molecule has 0 radical (unpaired) electrons. The van der Waals surface area contributed by atoms with Crippen molar-refractivity contribution in [3.8, 4) is 0 Å². The number of aliphatic hydroxyl groups is 2. The summed E-state index contributed by atoms with van der Waals surface area (Å²) in [6, 6.07) is 6.19. The summed E-state index contributed by atoms with van der Waals surface area (Å²) in [7, 11) is 0. The maximum absolute atomic E-state index is 11.4. The number of carboxylic acids is 1. The van der Waals surface area contributed by atoms with Crippen LogP contribution in [0.3, 0.4) is 0 Å². The molecule has 0 aliphatic rings. The van der Waals surface area contributed by atoms with Gasteiger partial charge >= 0.3 is 11.9 Å². The van der Waals surface area contributed by atoms with E-state index in [2.05, 4.69) is 4.84 Å². The second-order valence-corrected chi connectivity index (χ2v) is 5.01. The molecule has 0 saturated carbocycles. The molecule has 126 valence electrons. The van der Waals surface area contributed by atoms with Gasteiger partial charge in [-0.3, -0.25) is 14.4 Å². The average Bonchev–Trinajstić information content (AvgIpc) is 2.49. The van der Waals surface area contributed by atoms with E-state index in [-0.39, 0.29) is 19.3 Å². The first-order chi connectivity index (χ1) is 10.8. The lowest BCUT2D eigenvalue weighted by Crippen LogP contribution is -2.27. The Bertz CT molecular complexity index is 553. The zero-order valence-electron chi connectivity index (χ0n) is 12.6. The maximum atomic E-state index is 11.4. The van der Waals surface area contributed by atoms with Crippen molar-refractivity contribution in [2.75, 3.05) is 0 Å². The zero-order chi connectivity index (χ0) is 17.4. The van der Waals surface area contributed by atoms with Crippen LogP contribution in [0.4, 0.5) is 0 Å². The van der Waals surface area contributed by atoms with Crippen LogP contribution >= 0.6 is 0 Å². The zero-order valence-corrected chi connectivity index (χ0v) is 12.6. The second kappa shape index (κ2) is 8.86. The number of hydrogen-bond donors (Lipinski definition) is 4. The normalized spacial score (nSPS) is 11.8.